The number of hydrogen-bond acceptors (Lipinski definition) is 3. The number of carbonyl (C=O) groups is 1. The van der Waals surface area contributed by atoms with Gasteiger partial charge >= 0.3 is 0 Å². The van der Waals surface area contributed by atoms with Gasteiger partial charge in [-0.1, -0.05) is 37.3 Å². The van der Waals surface area contributed by atoms with Crippen LogP contribution >= 0.6 is 0 Å². The molecule has 2 aliphatic rings. The number of benzene rings is 1. The van der Waals surface area contributed by atoms with Gasteiger partial charge in [0.25, 0.3) is 10.2 Å². The smallest absolute Gasteiger partial charge is 0.281 e. The molecule has 2 saturated heterocycles. The maximum absolute atomic E-state index is 13.0. The Labute approximate surface area is 163 Å². The first kappa shape index (κ1) is 20.3. The van der Waals surface area contributed by atoms with Crippen LogP contribution in [0.1, 0.15) is 51.1 Å². The Morgan fingerprint density at radius 2 is 1.74 bits per heavy atom. The lowest BCUT2D eigenvalue weighted by molar-refractivity contribution is -0.126. The second kappa shape index (κ2) is 8.71. The monoisotopic (exact) mass is 393 g/mol. The molecule has 150 valence electrons. The molecule has 0 radical (unpaired) electrons. The highest BCUT2D eigenvalue weighted by Gasteiger charge is 2.37. The van der Waals surface area contributed by atoms with Gasteiger partial charge in [-0.15, -0.1) is 0 Å². The van der Waals surface area contributed by atoms with E-state index in [1.54, 1.807) is 4.31 Å². The van der Waals surface area contributed by atoms with Gasteiger partial charge in [-0.05, 0) is 44.1 Å². The normalized spacial score (nSPS) is 24.4. The molecule has 2 atom stereocenters. The van der Waals surface area contributed by atoms with Crippen molar-refractivity contribution in [3.8, 4) is 0 Å². The van der Waals surface area contributed by atoms with E-state index < -0.39 is 10.2 Å². The summed E-state index contributed by atoms with van der Waals surface area (Å²) in [4.78, 5) is 12.7. The van der Waals surface area contributed by atoms with Crippen molar-refractivity contribution in [1.29, 1.82) is 0 Å². The van der Waals surface area contributed by atoms with Crippen LogP contribution in [0.15, 0.2) is 30.3 Å². The predicted molar refractivity (Wildman–Crippen MR) is 106 cm³/mol. The molecule has 1 aromatic rings. The summed E-state index contributed by atoms with van der Waals surface area (Å²) in [7, 11) is -3.47. The lowest BCUT2D eigenvalue weighted by Crippen LogP contribution is -2.52. The third-order valence-electron chi connectivity index (χ3n) is 5.81. The van der Waals surface area contributed by atoms with Crippen molar-refractivity contribution in [2.45, 2.75) is 45.6 Å². The van der Waals surface area contributed by atoms with E-state index in [0.29, 0.717) is 25.6 Å². The third kappa shape index (κ3) is 4.89. The molecule has 2 heterocycles. The van der Waals surface area contributed by atoms with Crippen molar-refractivity contribution < 1.29 is 13.2 Å². The highest BCUT2D eigenvalue weighted by Crippen LogP contribution is 2.25. The minimum absolute atomic E-state index is 0.0569. The first-order chi connectivity index (χ1) is 12.9. The summed E-state index contributed by atoms with van der Waals surface area (Å²) in [6.45, 7) is 6.08. The molecule has 0 aliphatic carbocycles. The van der Waals surface area contributed by atoms with E-state index in [1.165, 1.54) is 4.31 Å². The molecule has 27 heavy (non-hydrogen) atoms. The molecule has 1 aromatic carbocycles. The van der Waals surface area contributed by atoms with Crippen molar-refractivity contribution in [3.63, 3.8) is 0 Å². The van der Waals surface area contributed by atoms with Crippen molar-refractivity contribution in [3.05, 3.63) is 35.9 Å². The minimum atomic E-state index is -3.47. The van der Waals surface area contributed by atoms with E-state index in [2.05, 4.69) is 12.2 Å². The first-order valence-electron chi connectivity index (χ1n) is 9.98. The molecular weight excluding hydrogens is 362 g/mol. The van der Waals surface area contributed by atoms with Crippen LogP contribution in [0.3, 0.4) is 0 Å². The predicted octanol–water partition coefficient (Wildman–Crippen LogP) is 2.55. The van der Waals surface area contributed by atoms with Crippen LogP contribution in [-0.2, 0) is 15.0 Å². The van der Waals surface area contributed by atoms with E-state index >= 15 is 0 Å². The van der Waals surface area contributed by atoms with E-state index in [-0.39, 0.29) is 24.4 Å². The molecule has 6 nitrogen and oxygen atoms in total. The number of hydrogen-bond donors (Lipinski definition) is 1. The van der Waals surface area contributed by atoms with E-state index in [9.17, 15) is 13.2 Å². The summed E-state index contributed by atoms with van der Waals surface area (Å²) in [6.07, 6.45) is 3.27. The van der Waals surface area contributed by atoms with Gasteiger partial charge in [-0.2, -0.15) is 17.0 Å². The Kier molecular flexibility index (Phi) is 6.55. The standard InChI is InChI=1S/C20H31N3O3S/c1-16-10-13-22(14-11-16)27(25,26)23-12-6-9-19(15-23)20(24)21-17(2)18-7-4-3-5-8-18/h3-5,7-8,16-17,19H,6,9-15H2,1-2H3,(H,21,24). The van der Waals surface area contributed by atoms with Crippen LogP contribution in [0, 0.1) is 11.8 Å². The second-order valence-corrected chi connectivity index (χ2v) is 9.86. The Hall–Kier alpha value is -1.44. The van der Waals surface area contributed by atoms with Gasteiger partial charge in [-0.25, -0.2) is 0 Å². The zero-order chi connectivity index (χ0) is 19.4. The van der Waals surface area contributed by atoms with Crippen LogP contribution in [-0.4, -0.2) is 49.1 Å². The molecule has 2 fully saturated rings. The average molecular weight is 394 g/mol. The Balaban J connectivity index is 1.60. The van der Waals surface area contributed by atoms with Gasteiger partial charge in [0.1, 0.15) is 0 Å². The first-order valence-corrected chi connectivity index (χ1v) is 11.4. The van der Waals surface area contributed by atoms with E-state index in [1.807, 2.05) is 37.3 Å². The maximum atomic E-state index is 13.0. The highest BCUT2D eigenvalue weighted by molar-refractivity contribution is 7.86. The Bertz CT molecular complexity index is 730. The fourth-order valence-electron chi connectivity index (χ4n) is 3.90. The van der Waals surface area contributed by atoms with Crippen molar-refractivity contribution >= 4 is 16.1 Å². The molecule has 0 saturated carbocycles. The zero-order valence-corrected chi connectivity index (χ0v) is 17.1. The Morgan fingerprint density at radius 3 is 2.41 bits per heavy atom. The fraction of sp³-hybridized carbons (Fsp3) is 0.650. The quantitative estimate of drug-likeness (QED) is 0.836. The van der Waals surface area contributed by atoms with Crippen LogP contribution in [0.4, 0.5) is 0 Å². The molecule has 2 unspecified atom stereocenters. The molecule has 0 aromatic heterocycles. The molecule has 3 rings (SSSR count). The van der Waals surface area contributed by atoms with Crippen LogP contribution < -0.4 is 5.32 Å². The molecular formula is C20H31N3O3S. The SMILES string of the molecule is CC1CCN(S(=O)(=O)N2CCCC(C(=O)NC(C)c3ccccc3)C2)CC1. The third-order valence-corrected chi connectivity index (χ3v) is 7.81. The number of piperidine rings is 2. The zero-order valence-electron chi connectivity index (χ0n) is 16.3. The largest absolute Gasteiger partial charge is 0.349 e. The molecule has 1 amide bonds. The van der Waals surface area contributed by atoms with Crippen LogP contribution in [0.5, 0.6) is 0 Å². The van der Waals surface area contributed by atoms with Crippen molar-refractivity contribution in [2.24, 2.45) is 11.8 Å². The van der Waals surface area contributed by atoms with E-state index in [4.69, 9.17) is 0 Å². The number of carbonyl (C=O) groups excluding carboxylic acids is 1. The van der Waals surface area contributed by atoms with Crippen LogP contribution in [0.2, 0.25) is 0 Å². The molecule has 1 N–H and O–H groups in total. The molecule has 0 bridgehead atoms. The minimum Gasteiger partial charge on any atom is -0.349 e. The van der Waals surface area contributed by atoms with Gasteiger partial charge in [0.05, 0.1) is 12.0 Å². The van der Waals surface area contributed by atoms with E-state index in [0.717, 1.165) is 31.2 Å². The summed E-state index contributed by atoms with van der Waals surface area (Å²) in [5, 5.41) is 3.05. The Morgan fingerprint density at radius 1 is 1.07 bits per heavy atom. The summed E-state index contributed by atoms with van der Waals surface area (Å²) in [5.74, 6) is 0.234. The molecule has 2 aliphatic heterocycles. The summed E-state index contributed by atoms with van der Waals surface area (Å²) in [6, 6.07) is 9.73. The highest BCUT2D eigenvalue weighted by atomic mass is 32.2. The topological polar surface area (TPSA) is 69.7 Å². The maximum Gasteiger partial charge on any atom is 0.281 e. The number of rotatable bonds is 5. The van der Waals surface area contributed by atoms with Gasteiger partial charge in [0, 0.05) is 26.2 Å². The summed E-state index contributed by atoms with van der Waals surface area (Å²) < 4.78 is 29.1. The number of nitrogens with one attached hydrogen (secondary N) is 1. The number of nitrogens with zero attached hydrogens (tertiary/aromatic N) is 2. The number of amides is 1. The average Bonchev–Trinajstić information content (AvgIpc) is 2.69. The fourth-order valence-corrected chi connectivity index (χ4v) is 5.63. The summed E-state index contributed by atoms with van der Waals surface area (Å²) >= 11 is 0. The summed E-state index contributed by atoms with van der Waals surface area (Å²) in [5.41, 5.74) is 1.05. The van der Waals surface area contributed by atoms with Crippen LogP contribution in [0.25, 0.3) is 0 Å². The van der Waals surface area contributed by atoms with Gasteiger partial charge in [0.15, 0.2) is 0 Å². The lowest BCUT2D eigenvalue weighted by atomic mass is 9.98. The van der Waals surface area contributed by atoms with Gasteiger partial charge in [0.2, 0.25) is 5.91 Å². The second-order valence-electron chi connectivity index (χ2n) is 7.93. The molecule has 7 heteroatoms. The lowest BCUT2D eigenvalue weighted by Gasteiger charge is -2.37. The van der Waals surface area contributed by atoms with Gasteiger partial charge in [-0.3, -0.25) is 4.79 Å². The van der Waals surface area contributed by atoms with Crippen molar-refractivity contribution in [1.82, 2.24) is 13.9 Å². The van der Waals surface area contributed by atoms with Gasteiger partial charge < -0.3 is 5.32 Å². The molecule has 0 spiro atoms. The van der Waals surface area contributed by atoms with Crippen molar-refractivity contribution in [2.75, 3.05) is 26.2 Å².